The van der Waals surface area contributed by atoms with Crippen LogP contribution < -0.4 is 15.2 Å². The second-order valence-corrected chi connectivity index (χ2v) is 3.94. The quantitative estimate of drug-likeness (QED) is 0.796. The molecule has 100 valence electrons. The monoisotopic (exact) mass is 253 g/mol. The molecule has 1 unspecified atom stereocenters. The van der Waals surface area contributed by atoms with Crippen LogP contribution >= 0.6 is 0 Å². The van der Waals surface area contributed by atoms with Crippen molar-refractivity contribution in [3.05, 3.63) is 23.3 Å². The van der Waals surface area contributed by atoms with Gasteiger partial charge in [0.2, 0.25) is 0 Å². The molecule has 0 saturated carbocycles. The summed E-state index contributed by atoms with van der Waals surface area (Å²) < 4.78 is 10.5. The molecule has 5 nitrogen and oxygen atoms in total. The summed E-state index contributed by atoms with van der Waals surface area (Å²) in [5, 5.41) is 8.90. The number of methoxy groups -OCH3 is 2. The van der Waals surface area contributed by atoms with Crippen molar-refractivity contribution in [2.45, 2.75) is 25.8 Å². The van der Waals surface area contributed by atoms with Gasteiger partial charge in [0.25, 0.3) is 0 Å². The van der Waals surface area contributed by atoms with Crippen LogP contribution in [-0.4, -0.2) is 31.3 Å². The molecule has 0 fully saturated rings. The van der Waals surface area contributed by atoms with Crippen LogP contribution in [0, 0.1) is 0 Å². The van der Waals surface area contributed by atoms with Crippen molar-refractivity contribution in [2.75, 3.05) is 14.2 Å². The second kappa shape index (κ2) is 6.26. The van der Waals surface area contributed by atoms with Crippen molar-refractivity contribution in [1.29, 1.82) is 0 Å². The van der Waals surface area contributed by atoms with Gasteiger partial charge in [-0.3, -0.25) is 4.79 Å². The van der Waals surface area contributed by atoms with Gasteiger partial charge in [-0.15, -0.1) is 0 Å². The fraction of sp³-hybridized carbons (Fsp3) is 0.462. The minimum Gasteiger partial charge on any atom is -0.493 e. The Hall–Kier alpha value is -1.75. The van der Waals surface area contributed by atoms with Crippen LogP contribution in [0.15, 0.2) is 12.1 Å². The van der Waals surface area contributed by atoms with E-state index in [4.69, 9.17) is 20.3 Å². The number of aliphatic carboxylic acids is 1. The van der Waals surface area contributed by atoms with Gasteiger partial charge in [-0.2, -0.15) is 0 Å². The summed E-state index contributed by atoms with van der Waals surface area (Å²) in [5.41, 5.74) is 7.41. The number of hydrogen-bond donors (Lipinski definition) is 2. The van der Waals surface area contributed by atoms with E-state index in [1.807, 2.05) is 19.1 Å². The van der Waals surface area contributed by atoms with E-state index in [2.05, 4.69) is 0 Å². The molecule has 5 heteroatoms. The summed E-state index contributed by atoms with van der Waals surface area (Å²) >= 11 is 0. The smallest absolute Gasteiger partial charge is 0.320 e. The van der Waals surface area contributed by atoms with E-state index in [9.17, 15) is 4.79 Å². The van der Waals surface area contributed by atoms with E-state index in [-0.39, 0.29) is 6.42 Å². The zero-order chi connectivity index (χ0) is 13.7. The third-order valence-corrected chi connectivity index (χ3v) is 2.87. The third kappa shape index (κ3) is 2.92. The number of carboxylic acid groups (broad SMARTS) is 1. The maximum Gasteiger partial charge on any atom is 0.320 e. The van der Waals surface area contributed by atoms with Crippen molar-refractivity contribution in [3.8, 4) is 11.5 Å². The van der Waals surface area contributed by atoms with Gasteiger partial charge in [0, 0.05) is 12.0 Å². The van der Waals surface area contributed by atoms with Crippen molar-refractivity contribution in [2.24, 2.45) is 5.73 Å². The van der Waals surface area contributed by atoms with Crippen molar-refractivity contribution in [1.82, 2.24) is 0 Å². The first-order chi connectivity index (χ1) is 8.54. The second-order valence-electron chi connectivity index (χ2n) is 3.94. The van der Waals surface area contributed by atoms with Crippen LogP contribution in [0.3, 0.4) is 0 Å². The van der Waals surface area contributed by atoms with Gasteiger partial charge in [0.1, 0.15) is 6.04 Å². The van der Waals surface area contributed by atoms with Crippen LogP contribution in [0.1, 0.15) is 18.1 Å². The van der Waals surface area contributed by atoms with Gasteiger partial charge in [0.15, 0.2) is 11.5 Å². The summed E-state index contributed by atoms with van der Waals surface area (Å²) in [6.07, 6.45) is 1.00. The Morgan fingerprint density at radius 3 is 2.50 bits per heavy atom. The molecule has 0 aliphatic carbocycles. The first-order valence-corrected chi connectivity index (χ1v) is 5.76. The molecule has 0 bridgehead atoms. The largest absolute Gasteiger partial charge is 0.493 e. The fourth-order valence-electron chi connectivity index (χ4n) is 1.89. The number of carbonyl (C=O) groups is 1. The highest BCUT2D eigenvalue weighted by molar-refractivity contribution is 5.74. The summed E-state index contributed by atoms with van der Waals surface area (Å²) in [4.78, 5) is 10.9. The maximum absolute atomic E-state index is 10.9. The molecule has 0 aliphatic heterocycles. The van der Waals surface area contributed by atoms with Crippen LogP contribution in [0.5, 0.6) is 11.5 Å². The Morgan fingerprint density at radius 1 is 1.39 bits per heavy atom. The Kier molecular flexibility index (Phi) is 4.97. The number of benzene rings is 1. The molecule has 0 aliphatic rings. The van der Waals surface area contributed by atoms with Gasteiger partial charge >= 0.3 is 5.97 Å². The van der Waals surface area contributed by atoms with E-state index in [1.54, 1.807) is 7.11 Å². The predicted octanol–water partition coefficient (Wildman–Crippen LogP) is 1.22. The molecule has 1 atom stereocenters. The highest BCUT2D eigenvalue weighted by Crippen LogP contribution is 2.34. The van der Waals surface area contributed by atoms with Gasteiger partial charge in [-0.05, 0) is 18.1 Å². The topological polar surface area (TPSA) is 81.8 Å². The van der Waals surface area contributed by atoms with Gasteiger partial charge < -0.3 is 20.3 Å². The Balaban J connectivity index is 3.23. The summed E-state index contributed by atoms with van der Waals surface area (Å²) in [6.45, 7) is 2.00. The standard InChI is InChI=1S/C13H19NO4/c1-4-8-5-6-11(17-2)12(18-3)9(8)7-10(14)13(15)16/h5-6,10H,4,7,14H2,1-3H3,(H,15,16). The lowest BCUT2D eigenvalue weighted by atomic mass is 9.97. The summed E-state index contributed by atoms with van der Waals surface area (Å²) in [6, 6.07) is 2.77. The number of hydrogen-bond acceptors (Lipinski definition) is 4. The molecule has 1 aromatic carbocycles. The SMILES string of the molecule is CCc1ccc(OC)c(OC)c1CC(N)C(=O)O. The van der Waals surface area contributed by atoms with E-state index in [0.717, 1.165) is 17.5 Å². The van der Waals surface area contributed by atoms with E-state index in [1.165, 1.54) is 7.11 Å². The highest BCUT2D eigenvalue weighted by Gasteiger charge is 2.20. The van der Waals surface area contributed by atoms with Crippen molar-refractivity contribution >= 4 is 5.97 Å². The van der Waals surface area contributed by atoms with Crippen LogP contribution in [0.2, 0.25) is 0 Å². The molecule has 3 N–H and O–H groups in total. The molecule has 0 amide bonds. The molecule has 0 spiro atoms. The molecule has 0 saturated heterocycles. The lowest BCUT2D eigenvalue weighted by Gasteiger charge is -2.17. The van der Waals surface area contributed by atoms with Gasteiger partial charge in [0.05, 0.1) is 14.2 Å². The van der Waals surface area contributed by atoms with E-state index >= 15 is 0 Å². The molecular weight excluding hydrogens is 234 g/mol. The Bertz CT molecular complexity index is 431. The third-order valence-electron chi connectivity index (χ3n) is 2.87. The lowest BCUT2D eigenvalue weighted by molar-refractivity contribution is -0.138. The minimum atomic E-state index is -1.03. The maximum atomic E-state index is 10.9. The molecule has 0 radical (unpaired) electrons. The van der Waals surface area contributed by atoms with Crippen molar-refractivity contribution in [3.63, 3.8) is 0 Å². The molecule has 18 heavy (non-hydrogen) atoms. The zero-order valence-electron chi connectivity index (χ0n) is 10.9. The number of aryl methyl sites for hydroxylation is 1. The van der Waals surface area contributed by atoms with Gasteiger partial charge in [-0.25, -0.2) is 0 Å². The average Bonchev–Trinajstić information content (AvgIpc) is 2.37. The number of nitrogens with two attached hydrogens (primary N) is 1. The average molecular weight is 253 g/mol. The summed E-state index contributed by atoms with van der Waals surface area (Å²) in [7, 11) is 3.08. The molecular formula is C13H19NO4. The number of carboxylic acids is 1. The minimum absolute atomic E-state index is 0.221. The first kappa shape index (κ1) is 14.3. The molecule has 0 aromatic heterocycles. The first-order valence-electron chi connectivity index (χ1n) is 5.76. The molecule has 1 rings (SSSR count). The number of rotatable bonds is 6. The van der Waals surface area contributed by atoms with Gasteiger partial charge in [-0.1, -0.05) is 13.0 Å². The number of ether oxygens (including phenoxy) is 2. The normalized spacial score (nSPS) is 12.0. The summed E-state index contributed by atoms with van der Waals surface area (Å²) in [5.74, 6) is 0.123. The van der Waals surface area contributed by atoms with E-state index < -0.39 is 12.0 Å². The molecule has 1 aromatic rings. The fourth-order valence-corrected chi connectivity index (χ4v) is 1.89. The Labute approximate surface area is 107 Å². The Morgan fingerprint density at radius 2 is 2.06 bits per heavy atom. The zero-order valence-corrected chi connectivity index (χ0v) is 10.9. The van der Waals surface area contributed by atoms with Crippen LogP contribution in [0.4, 0.5) is 0 Å². The van der Waals surface area contributed by atoms with Crippen LogP contribution in [0.25, 0.3) is 0 Å². The predicted molar refractivity (Wildman–Crippen MR) is 68.2 cm³/mol. The highest BCUT2D eigenvalue weighted by atomic mass is 16.5. The van der Waals surface area contributed by atoms with E-state index in [0.29, 0.717) is 11.5 Å². The van der Waals surface area contributed by atoms with Crippen LogP contribution in [-0.2, 0) is 17.6 Å². The molecule has 0 heterocycles. The van der Waals surface area contributed by atoms with Crippen molar-refractivity contribution < 1.29 is 19.4 Å². The lowest BCUT2D eigenvalue weighted by Crippen LogP contribution is -2.32.